The van der Waals surface area contributed by atoms with Gasteiger partial charge in [0.05, 0.1) is 11.7 Å². The molecule has 0 bridgehead atoms. The molecule has 0 aliphatic carbocycles. The van der Waals surface area contributed by atoms with E-state index < -0.39 is 11.7 Å². The summed E-state index contributed by atoms with van der Waals surface area (Å²) in [6, 6.07) is 13.2. The molecule has 2 amide bonds. The van der Waals surface area contributed by atoms with Gasteiger partial charge in [-0.1, -0.05) is 42.5 Å². The summed E-state index contributed by atoms with van der Waals surface area (Å²) in [5, 5.41) is 0. The summed E-state index contributed by atoms with van der Waals surface area (Å²) in [6.07, 6.45) is -0.786. The average molecular weight is 501 g/mol. The first-order valence-electron chi connectivity index (χ1n) is 12.7. The summed E-state index contributed by atoms with van der Waals surface area (Å²) < 4.78 is 46.6. The molecule has 192 valence electrons. The Morgan fingerprint density at radius 3 is 2.42 bits per heavy atom. The van der Waals surface area contributed by atoms with Crippen molar-refractivity contribution in [1.82, 2.24) is 9.80 Å². The van der Waals surface area contributed by atoms with E-state index in [1.807, 2.05) is 9.80 Å². The van der Waals surface area contributed by atoms with Gasteiger partial charge in [0.1, 0.15) is 6.61 Å². The maximum absolute atomic E-state index is 13.6. The second-order valence-electron chi connectivity index (χ2n) is 10.2. The molecule has 36 heavy (non-hydrogen) atoms. The van der Waals surface area contributed by atoms with Gasteiger partial charge in [-0.15, -0.1) is 0 Å². The molecule has 3 aliphatic heterocycles. The van der Waals surface area contributed by atoms with Gasteiger partial charge in [-0.25, -0.2) is 4.79 Å². The zero-order chi connectivity index (χ0) is 25.3. The van der Waals surface area contributed by atoms with Crippen LogP contribution in [0.2, 0.25) is 0 Å². The van der Waals surface area contributed by atoms with Gasteiger partial charge in [0, 0.05) is 38.5 Å². The Morgan fingerprint density at radius 2 is 1.69 bits per heavy atom. The highest BCUT2D eigenvalue weighted by Crippen LogP contribution is 2.38. The number of likely N-dealkylation sites (tertiary alicyclic amines) is 2. The molecule has 2 atom stereocenters. The van der Waals surface area contributed by atoms with Gasteiger partial charge in [-0.3, -0.25) is 4.79 Å². The van der Waals surface area contributed by atoms with Crippen LogP contribution in [0.3, 0.4) is 0 Å². The maximum Gasteiger partial charge on any atom is 0.417 e. The topological polar surface area (TPSA) is 49.9 Å². The Morgan fingerprint density at radius 1 is 0.972 bits per heavy atom. The van der Waals surface area contributed by atoms with Gasteiger partial charge < -0.3 is 14.5 Å². The quantitative estimate of drug-likeness (QED) is 0.565. The van der Waals surface area contributed by atoms with Crippen molar-refractivity contribution in [2.24, 2.45) is 11.8 Å². The van der Waals surface area contributed by atoms with Crippen molar-refractivity contribution in [1.29, 1.82) is 0 Å². The number of ether oxygens (including phenoxy) is 1. The van der Waals surface area contributed by atoms with Crippen molar-refractivity contribution in [2.75, 3.05) is 32.8 Å². The Bertz CT molecular complexity index is 1100. The SMILES string of the molecule is O=C1CO[C@H]2CCN(C(=O)N3CCC(Cc4ccc(C(F)(F)F)c(-c5ccccc5)c4)CC3)C[C@H]2C1. The number of carbonyl (C=O) groups excluding carboxylic acids is 2. The van der Waals surface area contributed by atoms with Crippen molar-refractivity contribution in [3.05, 3.63) is 59.7 Å². The average Bonchev–Trinajstić information content (AvgIpc) is 2.88. The minimum Gasteiger partial charge on any atom is -0.370 e. The number of fused-ring (bicyclic) bond motifs is 1. The van der Waals surface area contributed by atoms with Crippen LogP contribution in [0.5, 0.6) is 0 Å². The molecule has 5 nitrogen and oxygen atoms in total. The standard InChI is InChI=1S/C28H31F3N2O3/c29-28(30,31)25-7-6-20(15-24(25)21-4-2-1-3-5-21)14-19-8-11-32(12-9-19)27(35)33-13-10-26-22(17-33)16-23(34)18-36-26/h1-7,15,19,22,26H,8-14,16-18H2/t22-,26+/m1/s1. The van der Waals surface area contributed by atoms with Gasteiger partial charge in [0.2, 0.25) is 0 Å². The molecule has 5 rings (SSSR count). The number of halogens is 3. The van der Waals surface area contributed by atoms with Crippen LogP contribution in [-0.4, -0.2) is 60.5 Å². The number of piperidine rings is 2. The van der Waals surface area contributed by atoms with Crippen LogP contribution in [0.15, 0.2) is 48.5 Å². The van der Waals surface area contributed by atoms with E-state index in [-0.39, 0.29) is 36.0 Å². The predicted molar refractivity (Wildman–Crippen MR) is 129 cm³/mol. The first kappa shape index (κ1) is 24.8. The highest BCUT2D eigenvalue weighted by molar-refractivity contribution is 5.81. The number of alkyl halides is 3. The summed E-state index contributed by atoms with van der Waals surface area (Å²) >= 11 is 0. The molecule has 0 aromatic heterocycles. The number of carbonyl (C=O) groups is 2. The minimum absolute atomic E-state index is 0.0193. The third kappa shape index (κ3) is 5.43. The number of Topliss-reactive ketones (excluding diaryl/α,β-unsaturated/α-hetero) is 1. The zero-order valence-electron chi connectivity index (χ0n) is 20.2. The van der Waals surface area contributed by atoms with Gasteiger partial charge in [0.25, 0.3) is 0 Å². The molecule has 2 aromatic carbocycles. The van der Waals surface area contributed by atoms with Crippen LogP contribution < -0.4 is 0 Å². The first-order valence-corrected chi connectivity index (χ1v) is 12.7. The minimum atomic E-state index is -4.42. The summed E-state index contributed by atoms with van der Waals surface area (Å²) in [6.45, 7) is 2.66. The van der Waals surface area contributed by atoms with Gasteiger partial charge in [-0.2, -0.15) is 13.2 Å². The van der Waals surface area contributed by atoms with Gasteiger partial charge in [0.15, 0.2) is 5.78 Å². The highest BCUT2D eigenvalue weighted by atomic mass is 19.4. The Hall–Kier alpha value is -2.87. The molecule has 0 spiro atoms. The monoisotopic (exact) mass is 500 g/mol. The largest absolute Gasteiger partial charge is 0.417 e. The third-order valence-electron chi connectivity index (χ3n) is 7.77. The second-order valence-corrected chi connectivity index (χ2v) is 10.2. The molecule has 0 N–H and O–H groups in total. The first-order chi connectivity index (χ1) is 17.3. The van der Waals surface area contributed by atoms with Crippen LogP contribution in [0.1, 0.15) is 36.8 Å². The maximum atomic E-state index is 13.6. The summed E-state index contributed by atoms with van der Waals surface area (Å²) in [7, 11) is 0. The summed E-state index contributed by atoms with van der Waals surface area (Å²) in [4.78, 5) is 28.6. The van der Waals surface area contributed by atoms with Crippen molar-refractivity contribution in [3.63, 3.8) is 0 Å². The number of urea groups is 1. The van der Waals surface area contributed by atoms with Crippen molar-refractivity contribution in [3.8, 4) is 11.1 Å². The lowest BCUT2D eigenvalue weighted by Gasteiger charge is -2.43. The fraction of sp³-hybridized carbons (Fsp3) is 0.500. The molecule has 3 saturated heterocycles. The van der Waals surface area contributed by atoms with E-state index in [2.05, 4.69) is 0 Å². The van der Waals surface area contributed by atoms with Crippen molar-refractivity contribution >= 4 is 11.8 Å². The number of rotatable bonds is 3. The normalized spacial score (nSPS) is 23.5. The van der Waals surface area contributed by atoms with E-state index >= 15 is 0 Å². The Balaban J connectivity index is 1.20. The number of hydrogen-bond donors (Lipinski definition) is 0. The number of amides is 2. The Labute approximate surface area is 209 Å². The lowest BCUT2D eigenvalue weighted by Crippen LogP contribution is -2.54. The summed E-state index contributed by atoms with van der Waals surface area (Å²) in [5.41, 5.74) is 1.03. The van der Waals surface area contributed by atoms with Crippen LogP contribution >= 0.6 is 0 Å². The number of benzene rings is 2. The number of hydrogen-bond acceptors (Lipinski definition) is 3. The second kappa shape index (κ2) is 10.2. The number of ketones is 1. The smallest absolute Gasteiger partial charge is 0.370 e. The van der Waals surface area contributed by atoms with Crippen LogP contribution in [0.4, 0.5) is 18.0 Å². The molecular formula is C28H31F3N2O3. The lowest BCUT2D eigenvalue weighted by atomic mass is 9.87. The van der Waals surface area contributed by atoms with Crippen LogP contribution in [0.25, 0.3) is 11.1 Å². The number of nitrogens with zero attached hydrogens (tertiary/aromatic N) is 2. The van der Waals surface area contributed by atoms with Crippen LogP contribution in [0, 0.1) is 11.8 Å². The predicted octanol–water partition coefficient (Wildman–Crippen LogP) is 5.43. The molecule has 3 heterocycles. The molecule has 0 unspecified atom stereocenters. The lowest BCUT2D eigenvalue weighted by molar-refractivity contribution is -0.140. The Kier molecular flexibility index (Phi) is 7.06. The molecule has 3 aliphatic rings. The van der Waals surface area contributed by atoms with Gasteiger partial charge >= 0.3 is 12.2 Å². The van der Waals surface area contributed by atoms with E-state index in [0.717, 1.165) is 24.8 Å². The molecular weight excluding hydrogens is 469 g/mol. The fourth-order valence-electron chi connectivity index (χ4n) is 5.84. The fourth-order valence-corrected chi connectivity index (χ4v) is 5.84. The third-order valence-corrected chi connectivity index (χ3v) is 7.77. The molecule has 2 aromatic rings. The molecule has 0 radical (unpaired) electrons. The van der Waals surface area contributed by atoms with E-state index in [0.29, 0.717) is 50.5 Å². The van der Waals surface area contributed by atoms with Crippen LogP contribution in [-0.2, 0) is 22.1 Å². The van der Waals surface area contributed by atoms with E-state index in [1.54, 1.807) is 42.5 Å². The molecule has 0 saturated carbocycles. The molecule has 3 fully saturated rings. The van der Waals surface area contributed by atoms with E-state index in [1.165, 1.54) is 6.07 Å². The van der Waals surface area contributed by atoms with Crippen molar-refractivity contribution < 1.29 is 27.5 Å². The zero-order valence-corrected chi connectivity index (χ0v) is 20.2. The molecule has 8 heteroatoms. The summed E-state index contributed by atoms with van der Waals surface area (Å²) in [5.74, 6) is 0.495. The van der Waals surface area contributed by atoms with E-state index in [4.69, 9.17) is 4.74 Å². The van der Waals surface area contributed by atoms with Crippen molar-refractivity contribution in [2.45, 2.75) is 44.4 Å². The van der Waals surface area contributed by atoms with E-state index in [9.17, 15) is 22.8 Å². The highest BCUT2D eigenvalue weighted by Gasteiger charge is 2.38. The van der Waals surface area contributed by atoms with Gasteiger partial charge in [-0.05, 0) is 54.4 Å².